The van der Waals surface area contributed by atoms with Gasteiger partial charge in [-0.05, 0) is 77.0 Å². The van der Waals surface area contributed by atoms with Crippen molar-refractivity contribution in [2.24, 2.45) is 0 Å². The summed E-state index contributed by atoms with van der Waals surface area (Å²) in [6.45, 7) is 6.62. The van der Waals surface area contributed by atoms with E-state index in [-0.39, 0.29) is 31.1 Å². The fourth-order valence-electron chi connectivity index (χ4n) is 8.47. The van der Waals surface area contributed by atoms with Crippen molar-refractivity contribution < 1.29 is 28.6 Å². The molecule has 6 nitrogen and oxygen atoms in total. The summed E-state index contributed by atoms with van der Waals surface area (Å²) in [5, 5.41) is 0. The molecule has 0 aliphatic heterocycles. The fraction of sp³-hybridized carbons (Fsp3) is 0.850. The standard InChI is InChI=1S/C60H110O6/c1-4-7-10-13-16-19-22-24-26-27-28-29-30-31-32-33-35-36-38-41-44-47-50-53-59(62)65-56-57(55-64-58(61)52-49-46-43-40-21-18-15-12-9-6-3)66-60(63)54-51-48-45-42-39-37-34-25-23-20-17-14-11-8-5-2/h17,20,25,27-28,34,57H,4-16,18-19,21-24,26,29-33,35-56H2,1-3H3/b20-17-,28-27-,34-25-. The molecular formula is C60H110O6. The molecule has 0 amide bonds. The topological polar surface area (TPSA) is 78.9 Å². The molecule has 1 unspecified atom stereocenters. The minimum absolute atomic E-state index is 0.0748. The maximum absolute atomic E-state index is 12.8. The first-order chi connectivity index (χ1) is 32.5. The van der Waals surface area contributed by atoms with Crippen molar-refractivity contribution in [3.05, 3.63) is 36.5 Å². The first kappa shape index (κ1) is 63.6. The first-order valence-corrected chi connectivity index (χ1v) is 29.0. The Morgan fingerprint density at radius 2 is 0.545 bits per heavy atom. The van der Waals surface area contributed by atoms with Gasteiger partial charge in [0.25, 0.3) is 0 Å². The normalized spacial score (nSPS) is 12.2. The molecule has 1 atom stereocenters. The van der Waals surface area contributed by atoms with Crippen molar-refractivity contribution in [2.45, 2.75) is 316 Å². The van der Waals surface area contributed by atoms with Crippen molar-refractivity contribution in [2.75, 3.05) is 13.2 Å². The van der Waals surface area contributed by atoms with E-state index in [0.29, 0.717) is 19.3 Å². The van der Waals surface area contributed by atoms with Crippen molar-refractivity contribution in [1.82, 2.24) is 0 Å². The largest absolute Gasteiger partial charge is 0.462 e. The second-order valence-electron chi connectivity index (χ2n) is 19.6. The average Bonchev–Trinajstić information content (AvgIpc) is 3.31. The summed E-state index contributed by atoms with van der Waals surface area (Å²) in [5.74, 6) is -0.876. The fourth-order valence-corrected chi connectivity index (χ4v) is 8.47. The number of ether oxygens (including phenoxy) is 3. The van der Waals surface area contributed by atoms with Crippen LogP contribution in [0.4, 0.5) is 0 Å². The third-order valence-corrected chi connectivity index (χ3v) is 12.9. The minimum atomic E-state index is -0.776. The lowest BCUT2D eigenvalue weighted by Crippen LogP contribution is -2.30. The monoisotopic (exact) mass is 927 g/mol. The molecule has 0 spiro atoms. The summed E-state index contributed by atoms with van der Waals surface area (Å²) in [7, 11) is 0. The molecule has 0 aromatic carbocycles. The van der Waals surface area contributed by atoms with Gasteiger partial charge >= 0.3 is 17.9 Å². The van der Waals surface area contributed by atoms with Gasteiger partial charge in [-0.25, -0.2) is 0 Å². The van der Waals surface area contributed by atoms with Crippen LogP contribution in [0.2, 0.25) is 0 Å². The number of carbonyl (C=O) groups is 3. The van der Waals surface area contributed by atoms with Crippen LogP contribution in [0.1, 0.15) is 310 Å². The van der Waals surface area contributed by atoms with E-state index < -0.39 is 6.10 Å². The van der Waals surface area contributed by atoms with Gasteiger partial charge in [-0.2, -0.15) is 0 Å². The zero-order chi connectivity index (χ0) is 47.9. The van der Waals surface area contributed by atoms with Crippen molar-refractivity contribution in [1.29, 1.82) is 0 Å². The summed E-state index contributed by atoms with van der Waals surface area (Å²) < 4.78 is 16.8. The quantitative estimate of drug-likeness (QED) is 0.0262. The second kappa shape index (κ2) is 55.2. The Morgan fingerprint density at radius 3 is 0.879 bits per heavy atom. The second-order valence-corrected chi connectivity index (χ2v) is 19.6. The predicted octanol–water partition coefficient (Wildman–Crippen LogP) is 19.3. The van der Waals surface area contributed by atoms with Crippen LogP contribution in [0.15, 0.2) is 36.5 Å². The van der Waals surface area contributed by atoms with Gasteiger partial charge in [0.05, 0.1) is 0 Å². The molecule has 0 saturated carbocycles. The Morgan fingerprint density at radius 1 is 0.303 bits per heavy atom. The molecule has 0 aliphatic carbocycles. The molecule has 0 bridgehead atoms. The van der Waals surface area contributed by atoms with E-state index in [1.807, 2.05) is 0 Å². The number of esters is 3. The Kier molecular flexibility index (Phi) is 53.2. The highest BCUT2D eigenvalue weighted by Crippen LogP contribution is 2.16. The summed E-state index contributed by atoms with van der Waals surface area (Å²) in [6.07, 6.45) is 65.7. The number of hydrogen-bond donors (Lipinski definition) is 0. The molecule has 0 aliphatic rings. The van der Waals surface area contributed by atoms with Crippen LogP contribution in [0.3, 0.4) is 0 Å². The van der Waals surface area contributed by atoms with E-state index >= 15 is 0 Å². The predicted molar refractivity (Wildman–Crippen MR) is 284 cm³/mol. The molecule has 6 heteroatoms. The highest BCUT2D eigenvalue weighted by Gasteiger charge is 2.19. The number of rotatable bonds is 53. The summed E-state index contributed by atoms with van der Waals surface area (Å²) in [4.78, 5) is 38.0. The molecule has 0 fully saturated rings. The Hall–Kier alpha value is -2.37. The summed E-state index contributed by atoms with van der Waals surface area (Å²) in [6, 6.07) is 0. The van der Waals surface area contributed by atoms with Crippen LogP contribution >= 0.6 is 0 Å². The van der Waals surface area contributed by atoms with E-state index in [4.69, 9.17) is 14.2 Å². The van der Waals surface area contributed by atoms with Crippen LogP contribution in [0.25, 0.3) is 0 Å². The average molecular weight is 928 g/mol. The summed E-state index contributed by atoms with van der Waals surface area (Å²) in [5.41, 5.74) is 0. The third-order valence-electron chi connectivity index (χ3n) is 12.9. The lowest BCUT2D eigenvalue weighted by Gasteiger charge is -2.18. The van der Waals surface area contributed by atoms with Gasteiger partial charge in [-0.1, -0.05) is 250 Å². The number of allylic oxidation sites excluding steroid dienone is 6. The van der Waals surface area contributed by atoms with E-state index in [9.17, 15) is 14.4 Å². The SMILES string of the molecule is CCCCC/C=C\C/C=C\CCCCCCCC(=O)OC(COC(=O)CCCCCCCCCCCC)COC(=O)CCCCCCCCCCCCC/C=C\CCCCCCCCCC. The van der Waals surface area contributed by atoms with Gasteiger partial charge in [0, 0.05) is 19.3 Å². The van der Waals surface area contributed by atoms with Crippen molar-refractivity contribution in [3.63, 3.8) is 0 Å². The smallest absolute Gasteiger partial charge is 0.306 e. The minimum Gasteiger partial charge on any atom is -0.462 e. The zero-order valence-electron chi connectivity index (χ0n) is 44.2. The Balaban J connectivity index is 4.23. The first-order valence-electron chi connectivity index (χ1n) is 29.0. The van der Waals surface area contributed by atoms with Gasteiger partial charge in [-0.15, -0.1) is 0 Å². The van der Waals surface area contributed by atoms with E-state index in [0.717, 1.165) is 83.5 Å². The third kappa shape index (κ3) is 52.6. The Labute approximate surface area is 410 Å². The lowest BCUT2D eigenvalue weighted by atomic mass is 10.0. The highest BCUT2D eigenvalue weighted by molar-refractivity contribution is 5.71. The van der Waals surface area contributed by atoms with Crippen LogP contribution in [-0.4, -0.2) is 37.2 Å². The van der Waals surface area contributed by atoms with Crippen LogP contribution in [-0.2, 0) is 28.6 Å². The highest BCUT2D eigenvalue weighted by atomic mass is 16.6. The van der Waals surface area contributed by atoms with E-state index in [1.165, 1.54) is 186 Å². The Bertz CT molecular complexity index is 1110. The van der Waals surface area contributed by atoms with Gasteiger partial charge in [0.1, 0.15) is 13.2 Å². The lowest BCUT2D eigenvalue weighted by molar-refractivity contribution is -0.167. The molecule has 0 saturated heterocycles. The van der Waals surface area contributed by atoms with Gasteiger partial charge in [0.15, 0.2) is 6.10 Å². The van der Waals surface area contributed by atoms with Crippen LogP contribution in [0.5, 0.6) is 0 Å². The van der Waals surface area contributed by atoms with Crippen molar-refractivity contribution >= 4 is 17.9 Å². The summed E-state index contributed by atoms with van der Waals surface area (Å²) >= 11 is 0. The molecular weight excluding hydrogens is 817 g/mol. The maximum Gasteiger partial charge on any atom is 0.306 e. The molecule has 386 valence electrons. The molecule has 0 radical (unpaired) electrons. The van der Waals surface area contributed by atoms with Crippen LogP contribution < -0.4 is 0 Å². The molecule has 0 heterocycles. The van der Waals surface area contributed by atoms with Crippen LogP contribution in [0, 0.1) is 0 Å². The van der Waals surface area contributed by atoms with Gasteiger partial charge in [0.2, 0.25) is 0 Å². The maximum atomic E-state index is 12.8. The molecule has 0 aromatic heterocycles. The van der Waals surface area contributed by atoms with Crippen molar-refractivity contribution in [3.8, 4) is 0 Å². The van der Waals surface area contributed by atoms with E-state index in [2.05, 4.69) is 57.2 Å². The number of unbranched alkanes of at least 4 members (excludes halogenated alkanes) is 36. The number of hydrogen-bond acceptors (Lipinski definition) is 6. The molecule has 0 rings (SSSR count). The van der Waals surface area contributed by atoms with Gasteiger partial charge < -0.3 is 14.2 Å². The molecule has 0 N–H and O–H groups in total. The van der Waals surface area contributed by atoms with E-state index in [1.54, 1.807) is 0 Å². The zero-order valence-corrected chi connectivity index (χ0v) is 44.2. The van der Waals surface area contributed by atoms with Gasteiger partial charge in [-0.3, -0.25) is 14.4 Å². The molecule has 66 heavy (non-hydrogen) atoms. The number of carbonyl (C=O) groups excluding carboxylic acids is 3. The molecule has 0 aromatic rings.